The zero-order valence-electron chi connectivity index (χ0n) is 13.0. The number of benzene rings is 1. The molecular weight excluding hydrogens is 272 g/mol. The monoisotopic (exact) mass is 298 g/mol. The van der Waals surface area contributed by atoms with E-state index in [4.69, 9.17) is 16.3 Å². The van der Waals surface area contributed by atoms with Crippen LogP contribution in [0.25, 0.3) is 0 Å². The lowest BCUT2D eigenvalue weighted by atomic mass is 10.0. The predicted octanol–water partition coefficient (Wildman–Crippen LogP) is 3.35. The van der Waals surface area contributed by atoms with Crippen molar-refractivity contribution in [3.05, 3.63) is 34.9 Å². The van der Waals surface area contributed by atoms with E-state index in [1.165, 1.54) is 5.56 Å². The first-order chi connectivity index (χ1) is 9.60. The van der Waals surface area contributed by atoms with Gasteiger partial charge in [-0.3, -0.25) is 4.90 Å². The molecule has 0 aromatic heterocycles. The molecule has 0 aliphatic carbocycles. The molecule has 0 aliphatic heterocycles. The topological polar surface area (TPSA) is 24.5 Å². The van der Waals surface area contributed by atoms with E-state index >= 15 is 0 Å². The average molecular weight is 299 g/mol. The summed E-state index contributed by atoms with van der Waals surface area (Å²) in [6, 6.07) is 8.86. The van der Waals surface area contributed by atoms with Crippen molar-refractivity contribution in [3.8, 4) is 0 Å². The summed E-state index contributed by atoms with van der Waals surface area (Å²) in [5.74, 6) is 0. The van der Waals surface area contributed by atoms with Gasteiger partial charge in [-0.25, -0.2) is 0 Å². The van der Waals surface area contributed by atoms with Crippen LogP contribution in [0, 0.1) is 0 Å². The van der Waals surface area contributed by atoms with E-state index in [1.807, 2.05) is 25.2 Å². The molecule has 0 fully saturated rings. The SMILES string of the molecule is CNC(CCN(CCOC)C(C)C)c1ccccc1Cl. The van der Waals surface area contributed by atoms with Gasteiger partial charge in [0.15, 0.2) is 0 Å². The Morgan fingerprint density at radius 3 is 2.50 bits per heavy atom. The van der Waals surface area contributed by atoms with E-state index in [0.717, 1.165) is 31.1 Å². The fourth-order valence-corrected chi connectivity index (χ4v) is 2.61. The normalized spacial score (nSPS) is 13.2. The van der Waals surface area contributed by atoms with Crippen molar-refractivity contribution >= 4 is 11.6 Å². The van der Waals surface area contributed by atoms with Crippen LogP contribution in [-0.4, -0.2) is 44.8 Å². The number of ether oxygens (including phenoxy) is 1. The molecule has 1 N–H and O–H groups in total. The van der Waals surface area contributed by atoms with Gasteiger partial charge in [-0.15, -0.1) is 0 Å². The van der Waals surface area contributed by atoms with Gasteiger partial charge in [0.05, 0.1) is 6.61 Å². The maximum absolute atomic E-state index is 6.29. The number of rotatable bonds is 9. The predicted molar refractivity (Wildman–Crippen MR) is 86.5 cm³/mol. The van der Waals surface area contributed by atoms with Crippen molar-refractivity contribution in [1.82, 2.24) is 10.2 Å². The van der Waals surface area contributed by atoms with Crippen LogP contribution in [0.3, 0.4) is 0 Å². The van der Waals surface area contributed by atoms with Crippen LogP contribution >= 0.6 is 11.6 Å². The van der Waals surface area contributed by atoms with Gasteiger partial charge < -0.3 is 10.1 Å². The molecular formula is C16H27ClN2O. The lowest BCUT2D eigenvalue weighted by molar-refractivity contribution is 0.126. The van der Waals surface area contributed by atoms with Gasteiger partial charge in [0, 0.05) is 37.3 Å². The van der Waals surface area contributed by atoms with Gasteiger partial charge in [0.1, 0.15) is 0 Å². The fraction of sp³-hybridized carbons (Fsp3) is 0.625. The lowest BCUT2D eigenvalue weighted by Gasteiger charge is -2.28. The van der Waals surface area contributed by atoms with E-state index in [9.17, 15) is 0 Å². The van der Waals surface area contributed by atoms with E-state index in [2.05, 4.69) is 30.1 Å². The molecule has 0 saturated heterocycles. The Kier molecular flexibility index (Phi) is 8.15. The average Bonchev–Trinajstić information content (AvgIpc) is 2.43. The number of nitrogens with zero attached hydrogens (tertiary/aromatic N) is 1. The summed E-state index contributed by atoms with van der Waals surface area (Å²) < 4.78 is 5.18. The van der Waals surface area contributed by atoms with Crippen LogP contribution in [0.2, 0.25) is 5.02 Å². The molecule has 1 aromatic carbocycles. The summed E-state index contributed by atoms with van der Waals surface area (Å²) >= 11 is 6.29. The maximum atomic E-state index is 6.29. The highest BCUT2D eigenvalue weighted by molar-refractivity contribution is 6.31. The number of hydrogen-bond donors (Lipinski definition) is 1. The third kappa shape index (κ3) is 5.41. The Balaban J connectivity index is 2.62. The molecule has 4 heteroatoms. The summed E-state index contributed by atoms with van der Waals surface area (Å²) in [6.07, 6.45) is 1.03. The first-order valence-corrected chi connectivity index (χ1v) is 7.62. The minimum Gasteiger partial charge on any atom is -0.383 e. The minimum atomic E-state index is 0.285. The van der Waals surface area contributed by atoms with E-state index in [1.54, 1.807) is 7.11 Å². The highest BCUT2D eigenvalue weighted by atomic mass is 35.5. The molecule has 0 heterocycles. The molecule has 3 nitrogen and oxygen atoms in total. The second kappa shape index (κ2) is 9.35. The Bertz CT molecular complexity index is 384. The lowest BCUT2D eigenvalue weighted by Crippen LogP contribution is -2.36. The summed E-state index contributed by atoms with van der Waals surface area (Å²) in [5, 5.41) is 4.20. The Hall–Kier alpha value is -0.610. The van der Waals surface area contributed by atoms with Crippen LogP contribution in [0.4, 0.5) is 0 Å². The second-order valence-corrected chi connectivity index (χ2v) is 5.68. The Labute approximate surface area is 128 Å². The smallest absolute Gasteiger partial charge is 0.0589 e. The number of halogens is 1. The van der Waals surface area contributed by atoms with E-state index in [0.29, 0.717) is 6.04 Å². The summed E-state index contributed by atoms with van der Waals surface area (Å²) in [5.41, 5.74) is 1.17. The van der Waals surface area contributed by atoms with Crippen molar-refractivity contribution in [2.45, 2.75) is 32.4 Å². The first kappa shape index (κ1) is 17.4. The summed E-state index contributed by atoms with van der Waals surface area (Å²) in [6.45, 7) is 7.21. The van der Waals surface area contributed by atoms with Crippen LogP contribution in [0.1, 0.15) is 31.9 Å². The van der Waals surface area contributed by atoms with Gasteiger partial charge in [-0.05, 0) is 38.9 Å². The van der Waals surface area contributed by atoms with Gasteiger partial charge in [-0.1, -0.05) is 29.8 Å². The maximum Gasteiger partial charge on any atom is 0.0589 e. The van der Waals surface area contributed by atoms with Crippen molar-refractivity contribution < 1.29 is 4.74 Å². The van der Waals surface area contributed by atoms with Gasteiger partial charge >= 0.3 is 0 Å². The molecule has 0 radical (unpaired) electrons. The molecule has 0 saturated carbocycles. The molecule has 0 aliphatic rings. The molecule has 114 valence electrons. The highest BCUT2D eigenvalue weighted by Gasteiger charge is 2.15. The minimum absolute atomic E-state index is 0.285. The zero-order chi connectivity index (χ0) is 15.0. The van der Waals surface area contributed by atoms with Crippen LogP contribution in [0.15, 0.2) is 24.3 Å². The third-order valence-electron chi connectivity index (χ3n) is 3.65. The van der Waals surface area contributed by atoms with Crippen molar-refractivity contribution in [2.75, 3.05) is 33.9 Å². The van der Waals surface area contributed by atoms with Gasteiger partial charge in [-0.2, -0.15) is 0 Å². The Morgan fingerprint density at radius 1 is 1.25 bits per heavy atom. The number of nitrogens with one attached hydrogen (secondary N) is 1. The summed E-state index contributed by atoms with van der Waals surface area (Å²) in [4.78, 5) is 2.44. The molecule has 1 atom stereocenters. The number of methoxy groups -OCH3 is 1. The number of hydrogen-bond acceptors (Lipinski definition) is 3. The fourth-order valence-electron chi connectivity index (χ4n) is 2.34. The van der Waals surface area contributed by atoms with Crippen molar-refractivity contribution in [2.24, 2.45) is 0 Å². The quantitative estimate of drug-likeness (QED) is 0.757. The second-order valence-electron chi connectivity index (χ2n) is 5.27. The van der Waals surface area contributed by atoms with Crippen LogP contribution in [-0.2, 0) is 4.74 Å². The van der Waals surface area contributed by atoms with Crippen molar-refractivity contribution in [1.29, 1.82) is 0 Å². The molecule has 1 aromatic rings. The Morgan fingerprint density at radius 2 is 1.95 bits per heavy atom. The van der Waals surface area contributed by atoms with Gasteiger partial charge in [0.2, 0.25) is 0 Å². The standard InChI is InChI=1S/C16H27ClN2O/c1-13(2)19(11-12-20-4)10-9-16(18-3)14-7-5-6-8-15(14)17/h5-8,13,16,18H,9-12H2,1-4H3. The van der Waals surface area contributed by atoms with Crippen LogP contribution in [0.5, 0.6) is 0 Å². The van der Waals surface area contributed by atoms with Crippen LogP contribution < -0.4 is 5.32 Å². The molecule has 20 heavy (non-hydrogen) atoms. The zero-order valence-corrected chi connectivity index (χ0v) is 13.8. The van der Waals surface area contributed by atoms with E-state index in [-0.39, 0.29) is 6.04 Å². The van der Waals surface area contributed by atoms with Gasteiger partial charge in [0.25, 0.3) is 0 Å². The molecule has 1 unspecified atom stereocenters. The summed E-state index contributed by atoms with van der Waals surface area (Å²) in [7, 11) is 3.74. The first-order valence-electron chi connectivity index (χ1n) is 7.24. The van der Waals surface area contributed by atoms with Crippen molar-refractivity contribution in [3.63, 3.8) is 0 Å². The molecule has 0 bridgehead atoms. The molecule has 0 amide bonds. The largest absolute Gasteiger partial charge is 0.383 e. The molecule has 0 spiro atoms. The highest BCUT2D eigenvalue weighted by Crippen LogP contribution is 2.25. The van der Waals surface area contributed by atoms with E-state index < -0.39 is 0 Å². The third-order valence-corrected chi connectivity index (χ3v) is 3.99. The molecule has 1 rings (SSSR count).